The topological polar surface area (TPSA) is 15.7 Å². The van der Waals surface area contributed by atoms with Crippen molar-refractivity contribution in [2.45, 2.75) is 38.7 Å². The van der Waals surface area contributed by atoms with E-state index in [9.17, 15) is 4.39 Å². The van der Waals surface area contributed by atoms with Crippen LogP contribution >= 0.6 is 0 Å². The number of hydrogen-bond donors (Lipinski definition) is 0. The number of nitrogens with zero attached hydrogens (tertiary/aromatic N) is 2. The lowest BCUT2D eigenvalue weighted by Crippen LogP contribution is -2.50. The van der Waals surface area contributed by atoms with Crippen molar-refractivity contribution >= 4 is 5.69 Å². The molecule has 1 unspecified atom stereocenters. The zero-order valence-corrected chi connectivity index (χ0v) is 15.4. The summed E-state index contributed by atoms with van der Waals surface area (Å²) >= 11 is 0. The number of anilines is 1. The average molecular weight is 332 g/mol. The van der Waals surface area contributed by atoms with Gasteiger partial charge in [-0.1, -0.05) is 19.9 Å². The zero-order valence-electron chi connectivity index (χ0n) is 15.4. The van der Waals surface area contributed by atoms with E-state index in [1.165, 1.54) is 5.56 Å². The van der Waals surface area contributed by atoms with Gasteiger partial charge in [0.1, 0.15) is 11.4 Å². The van der Waals surface area contributed by atoms with Gasteiger partial charge in [0.05, 0.1) is 12.3 Å². The summed E-state index contributed by atoms with van der Waals surface area (Å²) < 4.78 is 21.5. The van der Waals surface area contributed by atoms with Crippen molar-refractivity contribution in [1.82, 2.24) is 4.90 Å². The summed E-state index contributed by atoms with van der Waals surface area (Å²) in [7, 11) is 4.19. The minimum atomic E-state index is -0.355. The van der Waals surface area contributed by atoms with Gasteiger partial charge in [-0.3, -0.25) is 0 Å². The van der Waals surface area contributed by atoms with Crippen LogP contribution in [0.5, 0.6) is 0 Å². The van der Waals surface area contributed by atoms with Crippen molar-refractivity contribution in [2.24, 2.45) is 11.3 Å². The molecule has 2 heterocycles. The van der Waals surface area contributed by atoms with Crippen LogP contribution in [-0.2, 0) is 16.8 Å². The maximum atomic E-state index is 14.8. The molecule has 0 bridgehead atoms. The number of ether oxygens (including phenoxy) is 1. The predicted octanol–water partition coefficient (Wildman–Crippen LogP) is 3.41. The second-order valence-electron chi connectivity index (χ2n) is 8.57. The van der Waals surface area contributed by atoms with E-state index in [0.717, 1.165) is 50.1 Å². The van der Waals surface area contributed by atoms with E-state index in [4.69, 9.17) is 4.74 Å². The van der Waals surface area contributed by atoms with Gasteiger partial charge >= 0.3 is 0 Å². The average Bonchev–Trinajstić information content (AvgIpc) is 2.66. The molecule has 4 rings (SSSR count). The minimum absolute atomic E-state index is 0.0103. The first-order chi connectivity index (χ1) is 11.4. The Morgan fingerprint density at radius 1 is 1.12 bits per heavy atom. The maximum Gasteiger partial charge on any atom is 0.146 e. The second kappa shape index (κ2) is 5.43. The van der Waals surface area contributed by atoms with Gasteiger partial charge in [-0.25, -0.2) is 4.39 Å². The summed E-state index contributed by atoms with van der Waals surface area (Å²) in [4.78, 5) is 4.46. The molecule has 4 heteroatoms. The van der Waals surface area contributed by atoms with Crippen molar-refractivity contribution in [3.63, 3.8) is 0 Å². The van der Waals surface area contributed by atoms with Crippen LogP contribution in [0.25, 0.3) is 0 Å². The summed E-state index contributed by atoms with van der Waals surface area (Å²) in [6.07, 6.45) is 3.22. The van der Waals surface area contributed by atoms with Crippen molar-refractivity contribution in [2.75, 3.05) is 45.2 Å². The van der Waals surface area contributed by atoms with E-state index in [-0.39, 0.29) is 16.8 Å². The summed E-state index contributed by atoms with van der Waals surface area (Å²) in [5.74, 6) is 0.355. The monoisotopic (exact) mass is 332 g/mol. The Bertz CT molecular complexity index is 651. The molecule has 1 aliphatic carbocycles. The van der Waals surface area contributed by atoms with Crippen LogP contribution in [0.3, 0.4) is 0 Å². The Morgan fingerprint density at radius 3 is 2.54 bits per heavy atom. The Kier molecular flexibility index (Phi) is 3.70. The van der Waals surface area contributed by atoms with Crippen molar-refractivity contribution in [1.29, 1.82) is 0 Å². The number of piperidine rings is 1. The first-order valence-electron chi connectivity index (χ1n) is 9.22. The number of benzene rings is 1. The Balaban J connectivity index is 1.93. The van der Waals surface area contributed by atoms with E-state index in [2.05, 4.69) is 30.7 Å². The normalized spacial score (nSPS) is 30.3. The van der Waals surface area contributed by atoms with Crippen LogP contribution in [0, 0.1) is 17.2 Å². The maximum absolute atomic E-state index is 14.8. The lowest BCUT2D eigenvalue weighted by atomic mass is 9.65. The number of hydrogen-bond acceptors (Lipinski definition) is 3. The molecule has 132 valence electrons. The third kappa shape index (κ3) is 2.08. The molecule has 3 aliphatic rings. The van der Waals surface area contributed by atoms with Gasteiger partial charge in [-0.15, -0.1) is 0 Å². The van der Waals surface area contributed by atoms with Crippen molar-refractivity contribution < 1.29 is 9.13 Å². The largest absolute Gasteiger partial charge is 0.370 e. The first-order valence-corrected chi connectivity index (χ1v) is 9.22. The summed E-state index contributed by atoms with van der Waals surface area (Å²) in [6.45, 7) is 8.25. The predicted molar refractivity (Wildman–Crippen MR) is 95.0 cm³/mol. The molecule has 0 saturated carbocycles. The first kappa shape index (κ1) is 16.3. The Labute approximate surface area is 144 Å². The fraction of sp³-hybridized carbons (Fsp3) is 0.700. The zero-order chi connectivity index (χ0) is 17.1. The summed E-state index contributed by atoms with van der Waals surface area (Å²) in [5.41, 5.74) is 2.86. The molecule has 1 atom stereocenters. The molecule has 24 heavy (non-hydrogen) atoms. The highest BCUT2D eigenvalue weighted by Crippen LogP contribution is 2.61. The van der Waals surface area contributed by atoms with E-state index < -0.39 is 0 Å². The highest BCUT2D eigenvalue weighted by atomic mass is 19.1. The van der Waals surface area contributed by atoms with Crippen LogP contribution < -0.4 is 4.90 Å². The molecule has 0 amide bonds. The summed E-state index contributed by atoms with van der Waals surface area (Å²) in [5, 5.41) is 0. The van der Waals surface area contributed by atoms with E-state index in [0.29, 0.717) is 12.5 Å². The van der Waals surface area contributed by atoms with E-state index in [1.807, 2.05) is 13.1 Å². The molecule has 0 N–H and O–H groups in total. The van der Waals surface area contributed by atoms with Crippen LogP contribution in [0.15, 0.2) is 12.1 Å². The molecule has 1 aromatic carbocycles. The van der Waals surface area contributed by atoms with Gasteiger partial charge in [-0.05, 0) is 56.9 Å². The van der Waals surface area contributed by atoms with Crippen molar-refractivity contribution in [3.05, 3.63) is 29.1 Å². The van der Waals surface area contributed by atoms with Crippen LogP contribution in [0.2, 0.25) is 0 Å². The molecule has 0 spiro atoms. The van der Waals surface area contributed by atoms with Crippen LogP contribution in [-0.4, -0.2) is 45.2 Å². The molecular formula is C20H29FN2O. The molecule has 0 radical (unpaired) electrons. The highest BCUT2D eigenvalue weighted by molar-refractivity contribution is 5.64. The third-order valence-corrected chi connectivity index (χ3v) is 6.66. The minimum Gasteiger partial charge on any atom is -0.370 e. The lowest BCUT2D eigenvalue weighted by Gasteiger charge is -2.49. The molecule has 1 aromatic rings. The smallest absolute Gasteiger partial charge is 0.146 e. The Hall–Kier alpha value is -1.13. The molecule has 1 saturated heterocycles. The summed E-state index contributed by atoms with van der Waals surface area (Å²) in [6, 6.07) is 3.64. The molecule has 3 nitrogen and oxygen atoms in total. The fourth-order valence-corrected chi connectivity index (χ4v) is 5.50. The molecule has 1 fully saturated rings. The van der Waals surface area contributed by atoms with Crippen molar-refractivity contribution in [3.8, 4) is 0 Å². The molecular weight excluding hydrogens is 303 g/mol. The van der Waals surface area contributed by atoms with Gasteiger partial charge in [0.25, 0.3) is 0 Å². The fourth-order valence-electron chi connectivity index (χ4n) is 5.50. The number of halogens is 1. The van der Waals surface area contributed by atoms with E-state index in [1.54, 1.807) is 6.07 Å². The third-order valence-electron chi connectivity index (χ3n) is 6.66. The second-order valence-corrected chi connectivity index (χ2v) is 8.57. The van der Waals surface area contributed by atoms with Gasteiger partial charge < -0.3 is 14.5 Å². The standard InChI is InChI=1S/C20H29FN2O/c1-19(2)13-14-5-6-16(21)18-17(14)20(19,24-12-11-23(18)4)15-7-9-22(3)10-8-15/h5-6,15H,7-13H2,1-4H3. The highest BCUT2D eigenvalue weighted by Gasteiger charge is 2.60. The molecule has 2 aliphatic heterocycles. The lowest BCUT2D eigenvalue weighted by molar-refractivity contribution is -0.164. The number of likely N-dealkylation sites (tertiary alicyclic amines) is 1. The molecule has 0 aromatic heterocycles. The van der Waals surface area contributed by atoms with Gasteiger partial charge in [0, 0.05) is 24.6 Å². The van der Waals surface area contributed by atoms with E-state index >= 15 is 0 Å². The van der Waals surface area contributed by atoms with Crippen LogP contribution in [0.4, 0.5) is 10.1 Å². The van der Waals surface area contributed by atoms with Gasteiger partial charge in [0.15, 0.2) is 0 Å². The van der Waals surface area contributed by atoms with Crippen LogP contribution in [0.1, 0.15) is 37.8 Å². The van der Waals surface area contributed by atoms with Gasteiger partial charge in [-0.2, -0.15) is 0 Å². The SMILES string of the molecule is CN1CCC(C23OCCN(C)c4c(F)ccc(c42)CC3(C)C)CC1. The number of rotatable bonds is 1. The quantitative estimate of drug-likeness (QED) is 0.784. The van der Waals surface area contributed by atoms with Gasteiger partial charge in [0.2, 0.25) is 0 Å². The Morgan fingerprint density at radius 2 is 1.83 bits per heavy atom. The number of likely N-dealkylation sites (N-methyl/N-ethyl adjacent to an activating group) is 1.